The Bertz CT molecular complexity index is 536. The molecule has 0 spiro atoms. The maximum absolute atomic E-state index is 11.9. The highest BCUT2D eigenvalue weighted by atomic mass is 16.1. The van der Waals surface area contributed by atoms with Gasteiger partial charge in [-0.3, -0.25) is 9.79 Å². The van der Waals surface area contributed by atoms with E-state index in [4.69, 9.17) is 0 Å². The summed E-state index contributed by atoms with van der Waals surface area (Å²) in [6, 6.07) is 0. The van der Waals surface area contributed by atoms with Crippen LogP contribution in [0.15, 0.2) is 29.5 Å². The topological polar surface area (TPSA) is 70.1 Å². The summed E-state index contributed by atoms with van der Waals surface area (Å²) in [5.74, 6) is 1.04. The van der Waals surface area contributed by atoms with Crippen LogP contribution in [0.2, 0.25) is 0 Å². The van der Waals surface area contributed by atoms with Crippen molar-refractivity contribution in [3.05, 3.63) is 30.4 Å². The van der Waals surface area contributed by atoms with Crippen LogP contribution in [0.4, 0.5) is 0 Å². The number of carbonyl (C=O) groups is 1. The summed E-state index contributed by atoms with van der Waals surface area (Å²) >= 11 is 0. The van der Waals surface area contributed by atoms with Gasteiger partial charge in [0.25, 0.3) is 0 Å². The zero-order valence-corrected chi connectivity index (χ0v) is 15.5. The number of hydrogen-bond donors (Lipinski definition) is 2. The van der Waals surface area contributed by atoms with Gasteiger partial charge in [0.2, 0.25) is 5.91 Å². The van der Waals surface area contributed by atoms with Crippen LogP contribution >= 0.6 is 0 Å². The van der Waals surface area contributed by atoms with Crippen molar-refractivity contribution in [1.29, 1.82) is 0 Å². The van der Waals surface area contributed by atoms with Gasteiger partial charge >= 0.3 is 0 Å². The van der Waals surface area contributed by atoms with Gasteiger partial charge in [-0.05, 0) is 31.4 Å². The number of rotatable bonds is 13. The summed E-state index contributed by atoms with van der Waals surface area (Å²) in [4.78, 5) is 24.0. The molecular weight excluding hydrogens is 312 g/mol. The SMILES string of the molecule is CCCCCCCCCC(=O)NCCCC1(c2ncc[nH]2)C=CC=N1. The summed E-state index contributed by atoms with van der Waals surface area (Å²) in [5, 5.41) is 3.03. The van der Waals surface area contributed by atoms with Crippen molar-refractivity contribution in [2.24, 2.45) is 4.99 Å². The Labute approximate surface area is 151 Å². The minimum Gasteiger partial charge on any atom is -0.356 e. The lowest BCUT2D eigenvalue weighted by atomic mass is 9.94. The van der Waals surface area contributed by atoms with Gasteiger partial charge in [0.05, 0.1) is 0 Å². The second-order valence-corrected chi connectivity index (χ2v) is 6.82. The lowest BCUT2D eigenvalue weighted by Crippen LogP contribution is -2.27. The number of aromatic amines is 1. The Hall–Kier alpha value is -1.91. The third kappa shape index (κ3) is 6.48. The number of hydrogen-bond acceptors (Lipinski definition) is 3. The molecule has 5 nitrogen and oxygen atoms in total. The summed E-state index contributed by atoms with van der Waals surface area (Å²) in [6.45, 7) is 2.93. The number of H-pyrrole nitrogens is 1. The number of nitrogens with one attached hydrogen (secondary N) is 2. The zero-order chi connectivity index (χ0) is 17.8. The Morgan fingerprint density at radius 1 is 1.16 bits per heavy atom. The van der Waals surface area contributed by atoms with Gasteiger partial charge in [-0.1, -0.05) is 45.4 Å². The highest BCUT2D eigenvalue weighted by Gasteiger charge is 2.32. The van der Waals surface area contributed by atoms with E-state index in [-0.39, 0.29) is 11.4 Å². The highest BCUT2D eigenvalue weighted by molar-refractivity contribution is 5.76. The normalized spacial score (nSPS) is 18.8. The Kier molecular flexibility index (Phi) is 8.43. The van der Waals surface area contributed by atoms with Crippen molar-refractivity contribution in [2.75, 3.05) is 6.54 Å². The largest absolute Gasteiger partial charge is 0.356 e. The molecule has 2 heterocycles. The minimum atomic E-state index is -0.382. The number of carbonyl (C=O) groups excluding carboxylic acids is 1. The van der Waals surface area contributed by atoms with Crippen molar-refractivity contribution in [2.45, 2.75) is 76.7 Å². The predicted octanol–water partition coefficient (Wildman–Crippen LogP) is 4.28. The Morgan fingerprint density at radius 3 is 2.64 bits per heavy atom. The number of nitrogens with zero attached hydrogens (tertiary/aromatic N) is 2. The molecule has 1 unspecified atom stereocenters. The fourth-order valence-corrected chi connectivity index (χ4v) is 3.25. The molecule has 1 aromatic heterocycles. The summed E-state index contributed by atoms with van der Waals surface area (Å²) in [6.07, 6.45) is 20.5. The number of aliphatic imine (C=N–C) groups is 1. The number of imidazole rings is 1. The predicted molar refractivity (Wildman–Crippen MR) is 103 cm³/mol. The van der Waals surface area contributed by atoms with E-state index < -0.39 is 0 Å². The van der Waals surface area contributed by atoms with Crippen LogP contribution in [0.3, 0.4) is 0 Å². The van der Waals surface area contributed by atoms with Crippen LogP contribution in [-0.2, 0) is 10.3 Å². The molecule has 2 rings (SSSR count). The van der Waals surface area contributed by atoms with Gasteiger partial charge < -0.3 is 10.3 Å². The molecule has 0 aliphatic carbocycles. The maximum Gasteiger partial charge on any atom is 0.219 e. The average Bonchev–Trinajstić information content (AvgIpc) is 3.30. The summed E-state index contributed by atoms with van der Waals surface area (Å²) < 4.78 is 0. The molecular formula is C20H32N4O. The van der Waals surface area contributed by atoms with E-state index in [2.05, 4.69) is 33.3 Å². The molecule has 1 aliphatic rings. The monoisotopic (exact) mass is 344 g/mol. The number of allylic oxidation sites excluding steroid dienone is 1. The van der Waals surface area contributed by atoms with E-state index in [0.717, 1.165) is 31.5 Å². The van der Waals surface area contributed by atoms with Crippen molar-refractivity contribution >= 4 is 12.1 Å². The van der Waals surface area contributed by atoms with Gasteiger partial charge in [-0.2, -0.15) is 0 Å². The first-order valence-electron chi connectivity index (χ1n) is 9.76. The van der Waals surface area contributed by atoms with Crippen LogP contribution in [0.1, 0.15) is 77.0 Å². The van der Waals surface area contributed by atoms with Crippen LogP contribution in [0.25, 0.3) is 0 Å². The second kappa shape index (κ2) is 10.9. The molecule has 138 valence electrons. The van der Waals surface area contributed by atoms with Gasteiger partial charge in [-0.15, -0.1) is 0 Å². The molecule has 1 aromatic rings. The summed E-state index contributed by atoms with van der Waals surface area (Å²) in [5.41, 5.74) is -0.382. The molecule has 0 saturated carbocycles. The van der Waals surface area contributed by atoms with Crippen LogP contribution in [-0.4, -0.2) is 28.6 Å². The number of amides is 1. The zero-order valence-electron chi connectivity index (χ0n) is 15.5. The quantitative estimate of drug-likeness (QED) is 0.524. The average molecular weight is 345 g/mol. The van der Waals surface area contributed by atoms with E-state index in [1.165, 1.54) is 32.1 Å². The van der Waals surface area contributed by atoms with Crippen LogP contribution in [0, 0.1) is 0 Å². The molecule has 0 radical (unpaired) electrons. The van der Waals surface area contributed by atoms with Gasteiger partial charge in [0.15, 0.2) is 0 Å². The Morgan fingerprint density at radius 2 is 1.96 bits per heavy atom. The van der Waals surface area contributed by atoms with E-state index in [0.29, 0.717) is 13.0 Å². The fourth-order valence-electron chi connectivity index (χ4n) is 3.25. The fraction of sp³-hybridized carbons (Fsp3) is 0.650. The molecule has 1 aliphatic heterocycles. The van der Waals surface area contributed by atoms with Gasteiger partial charge in [0, 0.05) is 31.6 Å². The van der Waals surface area contributed by atoms with E-state index in [1.54, 1.807) is 6.20 Å². The molecule has 1 amide bonds. The van der Waals surface area contributed by atoms with Gasteiger partial charge in [0.1, 0.15) is 11.4 Å². The molecule has 0 aromatic carbocycles. The molecule has 0 bridgehead atoms. The lowest BCUT2D eigenvalue weighted by molar-refractivity contribution is -0.121. The summed E-state index contributed by atoms with van der Waals surface area (Å²) in [7, 11) is 0. The van der Waals surface area contributed by atoms with E-state index in [1.807, 2.05) is 18.5 Å². The first-order chi connectivity index (χ1) is 12.3. The second-order valence-electron chi connectivity index (χ2n) is 6.82. The third-order valence-corrected chi connectivity index (χ3v) is 4.74. The standard InChI is InChI=1S/C20H32N4O/c1-2-3-4-5-6-7-8-11-18(25)21-14-9-12-20(13-10-15-24-20)19-22-16-17-23-19/h10,13,15-17H,2-9,11-12,14H2,1H3,(H,21,25)(H,22,23). The van der Waals surface area contributed by atoms with Crippen molar-refractivity contribution < 1.29 is 4.79 Å². The van der Waals surface area contributed by atoms with Crippen LogP contribution in [0.5, 0.6) is 0 Å². The van der Waals surface area contributed by atoms with E-state index in [9.17, 15) is 4.79 Å². The lowest BCUT2D eigenvalue weighted by Gasteiger charge is -2.21. The molecule has 1 atom stereocenters. The first kappa shape index (κ1) is 19.4. The smallest absolute Gasteiger partial charge is 0.219 e. The Balaban J connectivity index is 1.56. The van der Waals surface area contributed by atoms with E-state index >= 15 is 0 Å². The molecule has 0 saturated heterocycles. The molecule has 5 heteroatoms. The molecule has 0 fully saturated rings. The number of unbranched alkanes of at least 4 members (excludes halogenated alkanes) is 6. The minimum absolute atomic E-state index is 0.172. The molecule has 25 heavy (non-hydrogen) atoms. The maximum atomic E-state index is 11.9. The van der Waals surface area contributed by atoms with Crippen molar-refractivity contribution in [1.82, 2.24) is 15.3 Å². The van der Waals surface area contributed by atoms with Crippen molar-refractivity contribution in [3.8, 4) is 0 Å². The third-order valence-electron chi connectivity index (χ3n) is 4.74. The number of aromatic nitrogens is 2. The first-order valence-corrected chi connectivity index (χ1v) is 9.76. The van der Waals surface area contributed by atoms with Gasteiger partial charge in [-0.25, -0.2) is 4.98 Å². The molecule has 2 N–H and O–H groups in total. The van der Waals surface area contributed by atoms with Crippen LogP contribution < -0.4 is 5.32 Å². The van der Waals surface area contributed by atoms with Crippen molar-refractivity contribution in [3.63, 3.8) is 0 Å². The highest BCUT2D eigenvalue weighted by Crippen LogP contribution is 2.32.